The predicted molar refractivity (Wildman–Crippen MR) is 80.7 cm³/mol. The van der Waals surface area contributed by atoms with Crippen molar-refractivity contribution in [2.24, 2.45) is 12.9 Å². The average molecular weight is 374 g/mol. The van der Waals surface area contributed by atoms with Gasteiger partial charge in [0.05, 0.1) is 6.20 Å². The quantitative estimate of drug-likeness (QED) is 0.480. The highest BCUT2D eigenvalue weighted by Crippen LogP contribution is 2.24. The molecule has 0 radical (unpaired) electrons. The molecule has 0 bridgehead atoms. The predicted octanol–water partition coefficient (Wildman–Crippen LogP) is 2.30. The number of hydrogen-bond acceptors (Lipinski definition) is 3. The van der Waals surface area contributed by atoms with Crippen LogP contribution in [-0.4, -0.2) is 9.78 Å². The van der Waals surface area contributed by atoms with E-state index in [1.807, 2.05) is 19.4 Å². The van der Waals surface area contributed by atoms with E-state index in [9.17, 15) is 4.39 Å². The summed E-state index contributed by atoms with van der Waals surface area (Å²) < 4.78 is 15.8. The number of benzene rings is 1. The minimum Gasteiger partial charge on any atom is -0.276 e. The SMILES string of the molecule is Cn1cc(CCC(NN)c2ccc(F)cc2I)cn1. The molecule has 102 valence electrons. The van der Waals surface area contributed by atoms with Crippen LogP contribution >= 0.6 is 22.6 Å². The van der Waals surface area contributed by atoms with Crippen molar-refractivity contribution in [2.45, 2.75) is 18.9 Å². The smallest absolute Gasteiger partial charge is 0.124 e. The Morgan fingerprint density at radius 2 is 2.32 bits per heavy atom. The zero-order valence-corrected chi connectivity index (χ0v) is 12.8. The van der Waals surface area contributed by atoms with Gasteiger partial charge < -0.3 is 0 Å². The summed E-state index contributed by atoms with van der Waals surface area (Å²) in [5.41, 5.74) is 4.99. The van der Waals surface area contributed by atoms with E-state index in [1.54, 1.807) is 10.7 Å². The van der Waals surface area contributed by atoms with Crippen molar-refractivity contribution < 1.29 is 4.39 Å². The summed E-state index contributed by atoms with van der Waals surface area (Å²) in [4.78, 5) is 0. The number of aryl methyl sites for hydroxylation is 2. The molecule has 0 aliphatic heterocycles. The number of nitrogens with one attached hydrogen (secondary N) is 1. The van der Waals surface area contributed by atoms with Crippen LogP contribution in [0.5, 0.6) is 0 Å². The van der Waals surface area contributed by atoms with Crippen molar-refractivity contribution in [1.82, 2.24) is 15.2 Å². The summed E-state index contributed by atoms with van der Waals surface area (Å²) in [7, 11) is 1.89. The largest absolute Gasteiger partial charge is 0.276 e. The number of nitrogens with zero attached hydrogens (tertiary/aromatic N) is 2. The summed E-state index contributed by atoms with van der Waals surface area (Å²) in [6.07, 6.45) is 5.55. The van der Waals surface area contributed by atoms with Crippen molar-refractivity contribution >= 4 is 22.6 Å². The van der Waals surface area contributed by atoms with Crippen molar-refractivity contribution in [3.05, 3.63) is 51.1 Å². The fourth-order valence-electron chi connectivity index (χ4n) is 2.02. The molecule has 19 heavy (non-hydrogen) atoms. The Labute approximate surface area is 125 Å². The van der Waals surface area contributed by atoms with Gasteiger partial charge in [-0.1, -0.05) is 6.07 Å². The molecule has 0 aliphatic rings. The van der Waals surface area contributed by atoms with Gasteiger partial charge in [0, 0.05) is 22.9 Å². The first-order valence-electron chi connectivity index (χ1n) is 5.98. The number of nitrogens with two attached hydrogens (primary N) is 1. The molecule has 3 N–H and O–H groups in total. The lowest BCUT2D eigenvalue weighted by atomic mass is 10.0. The van der Waals surface area contributed by atoms with E-state index in [0.29, 0.717) is 0 Å². The Kier molecular flexibility index (Phi) is 4.89. The van der Waals surface area contributed by atoms with Gasteiger partial charge in [0.25, 0.3) is 0 Å². The van der Waals surface area contributed by atoms with Crippen LogP contribution in [0.3, 0.4) is 0 Å². The molecule has 0 amide bonds. The fraction of sp³-hybridized carbons (Fsp3) is 0.308. The van der Waals surface area contributed by atoms with E-state index < -0.39 is 0 Å². The maximum absolute atomic E-state index is 13.1. The molecule has 0 spiro atoms. The molecule has 2 rings (SSSR count). The van der Waals surface area contributed by atoms with Crippen LogP contribution in [0.15, 0.2) is 30.6 Å². The van der Waals surface area contributed by atoms with E-state index >= 15 is 0 Å². The number of halogens is 2. The number of hydrazine groups is 1. The second kappa shape index (κ2) is 6.44. The highest BCUT2D eigenvalue weighted by atomic mass is 127. The standard InChI is InChI=1S/C13H16FIN4/c1-19-8-9(7-17-19)2-5-13(18-16)11-4-3-10(14)6-12(11)15/h3-4,6-8,13,18H,2,5,16H2,1H3. The van der Waals surface area contributed by atoms with E-state index in [0.717, 1.165) is 22.0 Å². The maximum atomic E-state index is 13.1. The van der Waals surface area contributed by atoms with E-state index in [-0.39, 0.29) is 11.9 Å². The second-order valence-electron chi connectivity index (χ2n) is 4.45. The van der Waals surface area contributed by atoms with Gasteiger partial charge in [0.1, 0.15) is 5.82 Å². The van der Waals surface area contributed by atoms with Crippen molar-refractivity contribution in [3.8, 4) is 0 Å². The lowest BCUT2D eigenvalue weighted by Gasteiger charge is -2.17. The van der Waals surface area contributed by atoms with Crippen molar-refractivity contribution in [3.63, 3.8) is 0 Å². The first-order valence-corrected chi connectivity index (χ1v) is 7.06. The summed E-state index contributed by atoms with van der Waals surface area (Å²) in [6, 6.07) is 4.77. The monoisotopic (exact) mass is 374 g/mol. The molecule has 1 aromatic carbocycles. The third-order valence-corrected chi connectivity index (χ3v) is 3.95. The molecule has 0 saturated heterocycles. The van der Waals surface area contributed by atoms with Gasteiger partial charge in [-0.05, 0) is 58.7 Å². The summed E-state index contributed by atoms with van der Waals surface area (Å²) in [5, 5.41) is 4.14. The highest BCUT2D eigenvalue weighted by Gasteiger charge is 2.14. The van der Waals surface area contributed by atoms with Crippen LogP contribution in [0.25, 0.3) is 0 Å². The molecule has 1 heterocycles. The Morgan fingerprint density at radius 1 is 1.53 bits per heavy atom. The molecular weight excluding hydrogens is 358 g/mol. The zero-order chi connectivity index (χ0) is 13.8. The summed E-state index contributed by atoms with van der Waals surface area (Å²) in [6.45, 7) is 0. The lowest BCUT2D eigenvalue weighted by molar-refractivity contribution is 0.512. The van der Waals surface area contributed by atoms with Gasteiger partial charge in [-0.3, -0.25) is 16.0 Å². The molecule has 1 unspecified atom stereocenters. The van der Waals surface area contributed by atoms with Gasteiger partial charge in [0.15, 0.2) is 0 Å². The average Bonchev–Trinajstić information content (AvgIpc) is 2.78. The Hall–Kier alpha value is -0.990. The van der Waals surface area contributed by atoms with E-state index in [2.05, 4.69) is 33.1 Å². The van der Waals surface area contributed by atoms with Crippen LogP contribution in [0, 0.1) is 9.39 Å². The molecule has 1 aromatic heterocycles. The molecule has 0 saturated carbocycles. The Balaban J connectivity index is 2.07. The van der Waals surface area contributed by atoms with Crippen LogP contribution in [-0.2, 0) is 13.5 Å². The molecular formula is C13H16FIN4. The Morgan fingerprint density at radius 3 is 2.89 bits per heavy atom. The van der Waals surface area contributed by atoms with Crippen LogP contribution in [0.2, 0.25) is 0 Å². The van der Waals surface area contributed by atoms with E-state index in [1.165, 1.54) is 17.7 Å². The first kappa shape index (κ1) is 14.4. The summed E-state index contributed by atoms with van der Waals surface area (Å²) in [5.74, 6) is 5.39. The lowest BCUT2D eigenvalue weighted by Crippen LogP contribution is -2.29. The minimum absolute atomic E-state index is 0.00714. The van der Waals surface area contributed by atoms with Gasteiger partial charge in [0.2, 0.25) is 0 Å². The second-order valence-corrected chi connectivity index (χ2v) is 5.61. The van der Waals surface area contributed by atoms with Gasteiger partial charge >= 0.3 is 0 Å². The maximum Gasteiger partial charge on any atom is 0.124 e. The van der Waals surface area contributed by atoms with Crippen LogP contribution in [0.4, 0.5) is 4.39 Å². The summed E-state index contributed by atoms with van der Waals surface area (Å²) >= 11 is 2.13. The third kappa shape index (κ3) is 3.74. The minimum atomic E-state index is -0.226. The molecule has 6 heteroatoms. The molecule has 0 aliphatic carbocycles. The van der Waals surface area contributed by atoms with Gasteiger partial charge in [-0.25, -0.2) is 4.39 Å². The topological polar surface area (TPSA) is 55.9 Å². The third-order valence-electron chi connectivity index (χ3n) is 3.02. The zero-order valence-electron chi connectivity index (χ0n) is 10.6. The normalized spacial score (nSPS) is 12.6. The molecule has 1 atom stereocenters. The van der Waals surface area contributed by atoms with Gasteiger partial charge in [-0.15, -0.1) is 0 Å². The van der Waals surface area contributed by atoms with Crippen molar-refractivity contribution in [1.29, 1.82) is 0 Å². The molecule has 2 aromatic rings. The van der Waals surface area contributed by atoms with Gasteiger partial charge in [-0.2, -0.15) is 5.10 Å². The number of aromatic nitrogens is 2. The van der Waals surface area contributed by atoms with Crippen LogP contribution < -0.4 is 11.3 Å². The number of rotatable bonds is 5. The Bertz CT molecular complexity index is 555. The van der Waals surface area contributed by atoms with Crippen molar-refractivity contribution in [2.75, 3.05) is 0 Å². The fourth-order valence-corrected chi connectivity index (χ4v) is 2.88. The first-order chi connectivity index (χ1) is 9.10. The highest BCUT2D eigenvalue weighted by molar-refractivity contribution is 14.1. The molecule has 0 fully saturated rings. The van der Waals surface area contributed by atoms with Crippen LogP contribution in [0.1, 0.15) is 23.6 Å². The van der Waals surface area contributed by atoms with E-state index in [4.69, 9.17) is 5.84 Å². The number of hydrogen-bond donors (Lipinski definition) is 2. The molecule has 4 nitrogen and oxygen atoms in total.